The van der Waals surface area contributed by atoms with Crippen molar-refractivity contribution in [1.29, 1.82) is 0 Å². The van der Waals surface area contributed by atoms with Gasteiger partial charge in [0.05, 0.1) is 13.3 Å². The van der Waals surface area contributed by atoms with Crippen molar-refractivity contribution in [3.05, 3.63) is 115 Å². The maximum atomic E-state index is 13.7. The van der Waals surface area contributed by atoms with Crippen LogP contribution in [0.4, 0.5) is 15.8 Å². The zero-order valence-corrected chi connectivity index (χ0v) is 18.3. The maximum absolute atomic E-state index is 13.7. The van der Waals surface area contributed by atoms with E-state index in [2.05, 4.69) is 15.3 Å². The Bertz CT molecular complexity index is 1250. The van der Waals surface area contributed by atoms with E-state index in [4.69, 9.17) is 4.74 Å². The van der Waals surface area contributed by atoms with E-state index in [-0.39, 0.29) is 5.69 Å². The number of nitrogens with one attached hydrogen (secondary N) is 1. The summed E-state index contributed by atoms with van der Waals surface area (Å²) in [6, 6.07) is 20.0. The molecule has 1 N–H and O–H groups in total. The van der Waals surface area contributed by atoms with Gasteiger partial charge in [0.2, 0.25) is 0 Å². The fraction of sp³-hybridized carbons (Fsp3) is 0.0769. The summed E-state index contributed by atoms with van der Waals surface area (Å²) in [7, 11) is 1.54. The van der Waals surface area contributed by atoms with Crippen LogP contribution in [0.5, 0.6) is 5.75 Å². The van der Waals surface area contributed by atoms with Crippen LogP contribution in [0, 0.1) is 5.82 Å². The van der Waals surface area contributed by atoms with E-state index in [1.807, 2.05) is 6.07 Å². The molecule has 0 aliphatic rings. The molecule has 0 spiro atoms. The smallest absolute Gasteiger partial charge is 0.279 e. The second kappa shape index (κ2) is 10.4. The van der Waals surface area contributed by atoms with Crippen molar-refractivity contribution < 1.29 is 18.7 Å². The Morgan fingerprint density at radius 3 is 2.26 bits per heavy atom. The summed E-state index contributed by atoms with van der Waals surface area (Å²) in [5, 5.41) is 2.79. The number of amides is 2. The number of hydrogen-bond acceptors (Lipinski definition) is 5. The maximum Gasteiger partial charge on any atom is 0.279 e. The van der Waals surface area contributed by atoms with Crippen molar-refractivity contribution in [3.63, 3.8) is 0 Å². The van der Waals surface area contributed by atoms with Crippen molar-refractivity contribution in [2.24, 2.45) is 0 Å². The molecule has 0 unspecified atom stereocenters. The summed E-state index contributed by atoms with van der Waals surface area (Å²) >= 11 is 0. The number of carbonyl (C=O) groups excluding carboxylic acids is 2. The van der Waals surface area contributed by atoms with Crippen LogP contribution in [-0.4, -0.2) is 28.9 Å². The molecule has 0 aliphatic carbocycles. The summed E-state index contributed by atoms with van der Waals surface area (Å²) in [4.78, 5) is 36.8. The number of anilines is 2. The van der Waals surface area contributed by atoms with E-state index in [1.54, 1.807) is 55.6 Å². The number of para-hydroxylation sites is 1. The lowest BCUT2D eigenvalue weighted by Crippen LogP contribution is -2.42. The van der Waals surface area contributed by atoms with Crippen molar-refractivity contribution in [2.45, 2.75) is 6.04 Å². The minimum atomic E-state index is -1.08. The lowest BCUT2D eigenvalue weighted by Gasteiger charge is -2.31. The monoisotopic (exact) mass is 456 g/mol. The molecule has 0 fully saturated rings. The number of aromatic nitrogens is 2. The summed E-state index contributed by atoms with van der Waals surface area (Å²) in [5.74, 6) is -0.811. The van der Waals surface area contributed by atoms with Gasteiger partial charge >= 0.3 is 0 Å². The second-order valence-electron chi connectivity index (χ2n) is 7.27. The highest BCUT2D eigenvalue weighted by Crippen LogP contribution is 2.31. The Morgan fingerprint density at radius 2 is 1.65 bits per heavy atom. The van der Waals surface area contributed by atoms with E-state index in [1.165, 1.54) is 47.8 Å². The number of ether oxygens (including phenoxy) is 1. The van der Waals surface area contributed by atoms with E-state index < -0.39 is 23.7 Å². The number of hydrogen-bond donors (Lipinski definition) is 1. The highest BCUT2D eigenvalue weighted by atomic mass is 19.1. The molecule has 1 atom stereocenters. The van der Waals surface area contributed by atoms with Crippen LogP contribution in [0.1, 0.15) is 22.1 Å². The van der Waals surface area contributed by atoms with Gasteiger partial charge in [-0.2, -0.15) is 0 Å². The molecule has 170 valence electrons. The number of rotatable bonds is 7. The predicted octanol–water partition coefficient (Wildman–Crippen LogP) is 4.65. The van der Waals surface area contributed by atoms with E-state index in [0.717, 1.165) is 0 Å². The minimum Gasteiger partial charge on any atom is -0.497 e. The van der Waals surface area contributed by atoms with Gasteiger partial charge in [-0.25, -0.2) is 9.37 Å². The molecule has 3 aromatic carbocycles. The minimum absolute atomic E-state index is 0.0828. The highest BCUT2D eigenvalue weighted by molar-refractivity contribution is 6.11. The zero-order valence-electron chi connectivity index (χ0n) is 18.3. The van der Waals surface area contributed by atoms with Crippen LogP contribution in [0.2, 0.25) is 0 Å². The Hall–Kier alpha value is -4.59. The Labute approximate surface area is 195 Å². The SMILES string of the molecule is COc1ccc([C@@H](C(=O)Nc2ccc(F)cc2)N(C(=O)c2cnccn2)c2ccccc2)cc1. The predicted molar refractivity (Wildman–Crippen MR) is 126 cm³/mol. The molecule has 0 saturated heterocycles. The molecular weight excluding hydrogens is 435 g/mol. The Morgan fingerprint density at radius 1 is 0.941 bits per heavy atom. The van der Waals surface area contributed by atoms with Crippen molar-refractivity contribution in [1.82, 2.24) is 9.97 Å². The first-order valence-electron chi connectivity index (χ1n) is 10.4. The third-order valence-electron chi connectivity index (χ3n) is 5.09. The highest BCUT2D eigenvalue weighted by Gasteiger charge is 2.34. The fourth-order valence-electron chi connectivity index (χ4n) is 3.45. The Kier molecular flexibility index (Phi) is 6.88. The van der Waals surface area contributed by atoms with Crippen molar-refractivity contribution in [3.8, 4) is 5.75 Å². The first kappa shape index (κ1) is 22.6. The van der Waals surface area contributed by atoms with Crippen molar-refractivity contribution in [2.75, 3.05) is 17.3 Å². The second-order valence-corrected chi connectivity index (χ2v) is 7.27. The van der Waals surface area contributed by atoms with Gasteiger partial charge in [0.15, 0.2) is 0 Å². The molecule has 0 saturated carbocycles. The number of halogens is 1. The first-order chi connectivity index (χ1) is 16.6. The van der Waals surface area contributed by atoms with Gasteiger partial charge < -0.3 is 10.1 Å². The molecular formula is C26H21FN4O3. The van der Waals surface area contributed by atoms with Gasteiger partial charge in [-0.15, -0.1) is 0 Å². The van der Waals surface area contributed by atoms with Crippen LogP contribution in [-0.2, 0) is 4.79 Å². The van der Waals surface area contributed by atoms with Crippen molar-refractivity contribution >= 4 is 23.2 Å². The summed E-state index contributed by atoms with van der Waals surface area (Å²) in [5.41, 5.74) is 1.51. The van der Waals surface area contributed by atoms with Gasteiger partial charge in [-0.05, 0) is 54.1 Å². The molecule has 34 heavy (non-hydrogen) atoms. The van der Waals surface area contributed by atoms with Gasteiger partial charge in [0.25, 0.3) is 11.8 Å². The third-order valence-corrected chi connectivity index (χ3v) is 5.09. The summed E-state index contributed by atoms with van der Waals surface area (Å²) in [6.07, 6.45) is 4.23. The van der Waals surface area contributed by atoms with Crippen LogP contribution in [0.15, 0.2) is 97.5 Å². The third kappa shape index (κ3) is 5.07. The summed E-state index contributed by atoms with van der Waals surface area (Å²) < 4.78 is 18.6. The molecule has 1 aromatic heterocycles. The molecule has 0 radical (unpaired) electrons. The Balaban J connectivity index is 1.82. The average Bonchev–Trinajstić information content (AvgIpc) is 2.89. The average molecular weight is 456 g/mol. The van der Waals surface area contributed by atoms with E-state index in [0.29, 0.717) is 22.7 Å². The van der Waals surface area contributed by atoms with Gasteiger partial charge in [0.1, 0.15) is 23.3 Å². The molecule has 4 aromatic rings. The molecule has 7 nitrogen and oxygen atoms in total. The first-order valence-corrected chi connectivity index (χ1v) is 10.4. The summed E-state index contributed by atoms with van der Waals surface area (Å²) in [6.45, 7) is 0. The lowest BCUT2D eigenvalue weighted by molar-refractivity contribution is -0.117. The van der Waals surface area contributed by atoms with Crippen LogP contribution < -0.4 is 15.0 Å². The van der Waals surface area contributed by atoms with Crippen LogP contribution in [0.25, 0.3) is 0 Å². The van der Waals surface area contributed by atoms with Gasteiger partial charge in [-0.1, -0.05) is 30.3 Å². The lowest BCUT2D eigenvalue weighted by atomic mass is 10.0. The van der Waals surface area contributed by atoms with Crippen LogP contribution in [0.3, 0.4) is 0 Å². The topological polar surface area (TPSA) is 84.4 Å². The molecule has 2 amide bonds. The van der Waals surface area contributed by atoms with E-state index >= 15 is 0 Å². The molecule has 0 bridgehead atoms. The number of carbonyl (C=O) groups is 2. The molecule has 8 heteroatoms. The largest absolute Gasteiger partial charge is 0.497 e. The number of benzene rings is 3. The zero-order chi connectivity index (χ0) is 23.9. The molecule has 4 rings (SSSR count). The molecule has 1 heterocycles. The van der Waals surface area contributed by atoms with Gasteiger partial charge in [-0.3, -0.25) is 19.5 Å². The van der Waals surface area contributed by atoms with E-state index in [9.17, 15) is 14.0 Å². The normalized spacial score (nSPS) is 11.4. The standard InChI is InChI=1S/C26H21FN4O3/c1-34-22-13-7-18(8-14-22)24(25(32)30-20-11-9-19(27)10-12-20)31(21-5-3-2-4-6-21)26(33)23-17-28-15-16-29-23/h2-17,24H,1H3,(H,30,32)/t24-/m0/s1. The molecule has 0 aliphatic heterocycles. The fourth-order valence-corrected chi connectivity index (χ4v) is 3.45. The quantitative estimate of drug-likeness (QED) is 0.438. The number of methoxy groups -OCH3 is 1. The van der Waals surface area contributed by atoms with Gasteiger partial charge in [0, 0.05) is 23.8 Å². The van der Waals surface area contributed by atoms with Crippen LogP contribution >= 0.6 is 0 Å². The number of nitrogens with zero attached hydrogens (tertiary/aromatic N) is 3.